The van der Waals surface area contributed by atoms with Crippen LogP contribution in [-0.2, 0) is 11.3 Å². The number of aromatic nitrogens is 1. The molecule has 6 heteroatoms. The topological polar surface area (TPSA) is 71.2 Å². The first kappa shape index (κ1) is 17.0. The van der Waals surface area contributed by atoms with E-state index in [0.717, 1.165) is 22.5 Å². The summed E-state index contributed by atoms with van der Waals surface area (Å²) < 4.78 is 0. The van der Waals surface area contributed by atoms with E-state index in [2.05, 4.69) is 10.3 Å². The summed E-state index contributed by atoms with van der Waals surface area (Å²) >= 11 is 1.42. The Kier molecular flexibility index (Phi) is 5.30. The third kappa shape index (κ3) is 4.58. The number of nitrogens with two attached hydrogens (primary N) is 1. The quantitative estimate of drug-likeness (QED) is 0.713. The van der Waals surface area contributed by atoms with Gasteiger partial charge < -0.3 is 16.0 Å². The highest BCUT2D eigenvalue weighted by molar-refractivity contribution is 7.13. The second-order valence-electron chi connectivity index (χ2n) is 5.74. The van der Waals surface area contributed by atoms with Crippen molar-refractivity contribution in [1.29, 1.82) is 0 Å². The number of nitrogens with one attached hydrogen (secondary N) is 1. The Morgan fingerprint density at radius 3 is 2.52 bits per heavy atom. The van der Waals surface area contributed by atoms with E-state index in [0.29, 0.717) is 11.7 Å². The van der Waals surface area contributed by atoms with E-state index in [1.165, 1.54) is 11.3 Å². The van der Waals surface area contributed by atoms with Crippen LogP contribution in [0.1, 0.15) is 5.56 Å². The van der Waals surface area contributed by atoms with E-state index in [-0.39, 0.29) is 12.5 Å². The average Bonchev–Trinajstić information content (AvgIpc) is 3.07. The normalized spacial score (nSPS) is 10.4. The van der Waals surface area contributed by atoms with Crippen LogP contribution in [0.3, 0.4) is 0 Å². The van der Waals surface area contributed by atoms with Crippen molar-refractivity contribution in [3.63, 3.8) is 0 Å². The van der Waals surface area contributed by atoms with Gasteiger partial charge >= 0.3 is 0 Å². The fraction of sp³-hybridized carbons (Fsp3) is 0.158. The summed E-state index contributed by atoms with van der Waals surface area (Å²) in [5.74, 6) is 0.0419. The molecule has 0 aliphatic carbocycles. The molecule has 0 radical (unpaired) electrons. The molecule has 0 fully saturated rings. The highest BCUT2D eigenvalue weighted by Gasteiger charge is 2.09. The van der Waals surface area contributed by atoms with Gasteiger partial charge in [-0.3, -0.25) is 4.79 Å². The maximum atomic E-state index is 12.3. The Morgan fingerprint density at radius 1 is 1.16 bits per heavy atom. The van der Waals surface area contributed by atoms with Gasteiger partial charge in [0.15, 0.2) is 5.13 Å². The molecule has 1 aromatic heterocycles. The maximum absolute atomic E-state index is 12.3. The van der Waals surface area contributed by atoms with Crippen LogP contribution in [-0.4, -0.2) is 29.4 Å². The van der Waals surface area contributed by atoms with Crippen molar-refractivity contribution < 1.29 is 4.79 Å². The molecule has 0 saturated carbocycles. The molecule has 0 aliphatic rings. The summed E-state index contributed by atoms with van der Waals surface area (Å²) in [5, 5.41) is 5.65. The zero-order valence-electron chi connectivity index (χ0n) is 14.0. The van der Waals surface area contributed by atoms with Gasteiger partial charge in [-0.25, -0.2) is 4.98 Å². The third-order valence-corrected chi connectivity index (χ3v) is 4.51. The van der Waals surface area contributed by atoms with Crippen LogP contribution in [0.4, 0.5) is 10.8 Å². The molecule has 3 N–H and O–H groups in total. The largest absolute Gasteiger partial charge is 0.376 e. The molecule has 1 amide bonds. The summed E-state index contributed by atoms with van der Waals surface area (Å²) in [4.78, 5) is 18.2. The monoisotopic (exact) mass is 352 g/mol. The fourth-order valence-electron chi connectivity index (χ4n) is 2.44. The molecule has 3 aromatic rings. The number of carbonyl (C=O) groups is 1. The number of benzene rings is 2. The van der Waals surface area contributed by atoms with Crippen LogP contribution in [0.5, 0.6) is 0 Å². The lowest BCUT2D eigenvalue weighted by molar-refractivity contribution is -0.128. The van der Waals surface area contributed by atoms with Gasteiger partial charge in [0, 0.05) is 30.2 Å². The number of hydrogen-bond donors (Lipinski definition) is 2. The van der Waals surface area contributed by atoms with Crippen molar-refractivity contribution in [1.82, 2.24) is 9.88 Å². The molecule has 25 heavy (non-hydrogen) atoms. The van der Waals surface area contributed by atoms with Crippen molar-refractivity contribution in [3.05, 3.63) is 65.5 Å². The number of amides is 1. The minimum absolute atomic E-state index is 0.0419. The van der Waals surface area contributed by atoms with Crippen molar-refractivity contribution in [2.75, 3.05) is 24.6 Å². The zero-order chi connectivity index (χ0) is 17.6. The first-order valence-corrected chi connectivity index (χ1v) is 8.83. The molecule has 5 nitrogen and oxygen atoms in total. The summed E-state index contributed by atoms with van der Waals surface area (Å²) in [6.07, 6.45) is 0. The molecular formula is C19H20N4OS. The number of thiazole rings is 1. The second-order valence-corrected chi connectivity index (χ2v) is 6.63. The standard InChI is InChI=1S/C19H20N4OS/c1-23(12-14-5-3-2-4-6-14)18(24)11-21-16-9-7-15(8-10-16)17-13-25-19(20)22-17/h2-10,13,21H,11-12H2,1H3,(H2,20,22). The van der Waals surface area contributed by atoms with Gasteiger partial charge in [-0.15, -0.1) is 11.3 Å². The van der Waals surface area contributed by atoms with Gasteiger partial charge in [0.1, 0.15) is 0 Å². The summed E-state index contributed by atoms with van der Waals surface area (Å²) in [6, 6.07) is 17.8. The molecule has 2 aromatic carbocycles. The predicted octanol–water partition coefficient (Wildman–Crippen LogP) is 3.46. The lowest BCUT2D eigenvalue weighted by Gasteiger charge is -2.18. The predicted molar refractivity (Wildman–Crippen MR) is 103 cm³/mol. The summed E-state index contributed by atoms with van der Waals surface area (Å²) in [7, 11) is 1.81. The van der Waals surface area contributed by atoms with Crippen LogP contribution in [0.25, 0.3) is 11.3 Å². The fourth-order valence-corrected chi connectivity index (χ4v) is 3.01. The molecule has 0 spiro atoms. The molecule has 0 aliphatic heterocycles. The smallest absolute Gasteiger partial charge is 0.241 e. The first-order valence-electron chi connectivity index (χ1n) is 7.95. The number of likely N-dealkylation sites (N-methyl/N-ethyl adjacent to an activating group) is 1. The number of anilines is 2. The summed E-state index contributed by atoms with van der Waals surface area (Å²) in [5.41, 5.74) is 9.55. The maximum Gasteiger partial charge on any atom is 0.241 e. The lowest BCUT2D eigenvalue weighted by Crippen LogP contribution is -2.31. The van der Waals surface area contributed by atoms with Crippen LogP contribution < -0.4 is 11.1 Å². The highest BCUT2D eigenvalue weighted by Crippen LogP contribution is 2.24. The zero-order valence-corrected chi connectivity index (χ0v) is 14.8. The number of nitrogens with zero attached hydrogens (tertiary/aromatic N) is 2. The molecular weight excluding hydrogens is 332 g/mol. The van der Waals surface area contributed by atoms with E-state index in [9.17, 15) is 4.79 Å². The second kappa shape index (κ2) is 7.81. The van der Waals surface area contributed by atoms with E-state index in [1.807, 2.05) is 67.0 Å². The Labute approximate surface area is 151 Å². The van der Waals surface area contributed by atoms with Crippen molar-refractivity contribution in [2.24, 2.45) is 0 Å². The lowest BCUT2D eigenvalue weighted by atomic mass is 10.1. The van der Waals surface area contributed by atoms with Crippen LogP contribution >= 0.6 is 11.3 Å². The molecule has 0 unspecified atom stereocenters. The first-order chi connectivity index (χ1) is 12.1. The molecule has 128 valence electrons. The molecule has 0 saturated heterocycles. The van der Waals surface area contributed by atoms with Crippen molar-refractivity contribution in [3.8, 4) is 11.3 Å². The van der Waals surface area contributed by atoms with Crippen molar-refractivity contribution >= 4 is 28.1 Å². The van der Waals surface area contributed by atoms with Crippen LogP contribution in [0.2, 0.25) is 0 Å². The number of rotatable bonds is 6. The molecule has 0 atom stereocenters. The molecule has 3 rings (SSSR count). The van der Waals surface area contributed by atoms with Gasteiger partial charge in [-0.2, -0.15) is 0 Å². The molecule has 1 heterocycles. The number of nitrogen functional groups attached to an aromatic ring is 1. The van der Waals surface area contributed by atoms with E-state index in [4.69, 9.17) is 5.73 Å². The number of hydrogen-bond acceptors (Lipinski definition) is 5. The van der Waals surface area contributed by atoms with Crippen LogP contribution in [0.15, 0.2) is 60.0 Å². The Morgan fingerprint density at radius 2 is 1.88 bits per heavy atom. The average molecular weight is 352 g/mol. The third-order valence-electron chi connectivity index (χ3n) is 3.83. The van der Waals surface area contributed by atoms with E-state index < -0.39 is 0 Å². The minimum atomic E-state index is 0.0419. The van der Waals surface area contributed by atoms with Crippen LogP contribution in [0, 0.1) is 0 Å². The van der Waals surface area contributed by atoms with E-state index in [1.54, 1.807) is 4.90 Å². The van der Waals surface area contributed by atoms with Crippen molar-refractivity contribution in [2.45, 2.75) is 6.54 Å². The number of carbonyl (C=O) groups excluding carboxylic acids is 1. The highest BCUT2D eigenvalue weighted by atomic mass is 32.1. The Balaban J connectivity index is 1.53. The van der Waals surface area contributed by atoms with Gasteiger partial charge in [0.25, 0.3) is 0 Å². The van der Waals surface area contributed by atoms with Gasteiger partial charge in [-0.1, -0.05) is 42.5 Å². The SMILES string of the molecule is CN(Cc1ccccc1)C(=O)CNc1ccc(-c2csc(N)n2)cc1. The molecule has 0 bridgehead atoms. The van der Waals surface area contributed by atoms with Gasteiger partial charge in [0.2, 0.25) is 5.91 Å². The van der Waals surface area contributed by atoms with E-state index >= 15 is 0 Å². The van der Waals surface area contributed by atoms with Gasteiger partial charge in [0.05, 0.1) is 12.2 Å². The summed E-state index contributed by atoms with van der Waals surface area (Å²) in [6.45, 7) is 0.859. The van der Waals surface area contributed by atoms with Gasteiger partial charge in [-0.05, 0) is 17.7 Å². The Hall–Kier alpha value is -2.86. The minimum Gasteiger partial charge on any atom is -0.376 e. The Bertz CT molecular complexity index is 830.